The van der Waals surface area contributed by atoms with E-state index in [2.05, 4.69) is 10.3 Å². The summed E-state index contributed by atoms with van der Waals surface area (Å²) in [5.74, 6) is -0.656. The number of aromatic nitrogens is 1. The average Bonchev–Trinajstić information content (AvgIpc) is 2.39. The molecule has 1 aliphatic heterocycles. The first-order valence-electron chi connectivity index (χ1n) is 6.15. The Hall–Kier alpha value is -2.22. The number of carbonyl (C=O) groups is 1. The van der Waals surface area contributed by atoms with Crippen LogP contribution in [-0.2, 0) is 9.53 Å². The third kappa shape index (κ3) is 2.69. The fourth-order valence-electron chi connectivity index (χ4n) is 2.17. The lowest BCUT2D eigenvalue weighted by atomic mass is 9.90. The predicted molar refractivity (Wildman–Crippen MR) is 69.7 cm³/mol. The smallest absolute Gasteiger partial charge is 0.329 e. The minimum Gasteiger partial charge on any atom is -0.480 e. The van der Waals surface area contributed by atoms with Crippen molar-refractivity contribution in [2.24, 2.45) is 0 Å². The van der Waals surface area contributed by atoms with Crippen molar-refractivity contribution in [2.45, 2.75) is 25.3 Å². The first-order valence-corrected chi connectivity index (χ1v) is 6.15. The highest BCUT2D eigenvalue weighted by atomic mass is 16.6. The molecule has 108 valence electrons. The lowest BCUT2D eigenvalue weighted by Gasteiger charge is -2.34. The van der Waals surface area contributed by atoms with Crippen LogP contribution in [0.5, 0.6) is 0 Å². The average molecular weight is 281 g/mol. The van der Waals surface area contributed by atoms with E-state index in [0.717, 1.165) is 6.20 Å². The second-order valence-electron chi connectivity index (χ2n) is 4.74. The van der Waals surface area contributed by atoms with E-state index < -0.39 is 16.4 Å². The molecular formula is C12H15N3O5. The fraction of sp³-hybridized carbons (Fsp3) is 0.500. The number of ether oxygens (including phenoxy) is 1. The van der Waals surface area contributed by atoms with E-state index in [1.54, 1.807) is 6.92 Å². The van der Waals surface area contributed by atoms with Crippen LogP contribution in [0.4, 0.5) is 11.5 Å². The molecule has 0 amide bonds. The zero-order chi connectivity index (χ0) is 14.8. The molecule has 8 nitrogen and oxygen atoms in total. The Bertz CT molecular complexity index is 540. The molecule has 2 heterocycles. The van der Waals surface area contributed by atoms with E-state index in [9.17, 15) is 20.0 Å². The number of pyridine rings is 1. The predicted octanol–water partition coefficient (Wildman–Crippen LogP) is 1.34. The Morgan fingerprint density at radius 1 is 1.55 bits per heavy atom. The van der Waals surface area contributed by atoms with Gasteiger partial charge in [-0.15, -0.1) is 0 Å². The van der Waals surface area contributed by atoms with Crippen molar-refractivity contribution in [2.75, 3.05) is 18.5 Å². The molecule has 1 fully saturated rings. The Kier molecular flexibility index (Phi) is 3.84. The third-order valence-electron chi connectivity index (χ3n) is 3.40. The van der Waals surface area contributed by atoms with Gasteiger partial charge in [-0.2, -0.15) is 0 Å². The fourth-order valence-corrected chi connectivity index (χ4v) is 2.17. The van der Waals surface area contributed by atoms with Gasteiger partial charge in [-0.3, -0.25) is 10.1 Å². The number of nitrogens with one attached hydrogen (secondary N) is 1. The van der Waals surface area contributed by atoms with Crippen LogP contribution < -0.4 is 5.32 Å². The molecule has 20 heavy (non-hydrogen) atoms. The molecule has 0 radical (unpaired) electrons. The molecule has 1 aliphatic rings. The normalized spacial score (nSPS) is 17.4. The maximum atomic E-state index is 11.5. The Balaban J connectivity index is 2.25. The maximum absolute atomic E-state index is 11.5. The van der Waals surface area contributed by atoms with Gasteiger partial charge in [0.2, 0.25) is 0 Å². The third-order valence-corrected chi connectivity index (χ3v) is 3.40. The Labute approximate surface area is 114 Å². The highest BCUT2D eigenvalue weighted by Crippen LogP contribution is 2.27. The molecule has 0 aromatic carbocycles. The topological polar surface area (TPSA) is 115 Å². The molecule has 0 bridgehead atoms. The molecule has 1 saturated heterocycles. The van der Waals surface area contributed by atoms with Gasteiger partial charge in [0.25, 0.3) is 5.69 Å². The van der Waals surface area contributed by atoms with Crippen LogP contribution in [0.25, 0.3) is 0 Å². The van der Waals surface area contributed by atoms with E-state index in [0.29, 0.717) is 37.4 Å². The van der Waals surface area contributed by atoms with Crippen LogP contribution in [0.2, 0.25) is 0 Å². The summed E-state index contributed by atoms with van der Waals surface area (Å²) in [4.78, 5) is 25.6. The molecule has 8 heteroatoms. The highest BCUT2D eigenvalue weighted by Gasteiger charge is 2.40. The van der Waals surface area contributed by atoms with Crippen molar-refractivity contribution in [3.8, 4) is 0 Å². The second kappa shape index (κ2) is 5.41. The standard InChI is InChI=1S/C12H15N3O5/c1-8-6-10(13-7-9(8)15(18)19)14-12(11(16)17)2-4-20-5-3-12/h6-7H,2-5H2,1H3,(H,13,14)(H,16,17). The number of aryl methyl sites for hydroxylation is 1. The molecule has 2 rings (SSSR count). The van der Waals surface area contributed by atoms with Gasteiger partial charge in [0.1, 0.15) is 17.6 Å². The Morgan fingerprint density at radius 2 is 2.20 bits per heavy atom. The Morgan fingerprint density at radius 3 is 2.70 bits per heavy atom. The summed E-state index contributed by atoms with van der Waals surface area (Å²) in [5, 5.41) is 23.0. The number of carboxylic acids is 1. The highest BCUT2D eigenvalue weighted by molar-refractivity contribution is 5.82. The first-order chi connectivity index (χ1) is 9.44. The summed E-state index contributed by atoms with van der Waals surface area (Å²) in [5.41, 5.74) is -0.791. The van der Waals surface area contributed by atoms with Crippen LogP contribution in [0, 0.1) is 17.0 Å². The lowest BCUT2D eigenvalue weighted by molar-refractivity contribution is -0.385. The molecular weight excluding hydrogens is 266 g/mol. The second-order valence-corrected chi connectivity index (χ2v) is 4.74. The monoisotopic (exact) mass is 281 g/mol. The molecule has 0 spiro atoms. The number of hydrogen-bond acceptors (Lipinski definition) is 6. The van der Waals surface area contributed by atoms with Gasteiger partial charge in [-0.25, -0.2) is 9.78 Å². The minimum atomic E-state index is -1.13. The van der Waals surface area contributed by atoms with Crippen molar-refractivity contribution < 1.29 is 19.6 Å². The molecule has 0 aliphatic carbocycles. The summed E-state index contributed by atoms with van der Waals surface area (Å²) in [6.45, 7) is 2.29. The van der Waals surface area contributed by atoms with E-state index >= 15 is 0 Å². The number of nitro groups is 1. The number of rotatable bonds is 4. The molecule has 1 aromatic heterocycles. The largest absolute Gasteiger partial charge is 0.480 e. The van der Waals surface area contributed by atoms with E-state index in [1.165, 1.54) is 6.07 Å². The van der Waals surface area contributed by atoms with Crippen LogP contribution >= 0.6 is 0 Å². The van der Waals surface area contributed by atoms with Gasteiger partial charge in [0.05, 0.1) is 4.92 Å². The summed E-state index contributed by atoms with van der Waals surface area (Å²) in [6, 6.07) is 1.48. The van der Waals surface area contributed by atoms with Gasteiger partial charge >= 0.3 is 5.97 Å². The zero-order valence-electron chi connectivity index (χ0n) is 11.0. The van der Waals surface area contributed by atoms with Crippen molar-refractivity contribution in [3.05, 3.63) is 27.9 Å². The number of aliphatic carboxylic acids is 1. The van der Waals surface area contributed by atoms with Crippen molar-refractivity contribution in [3.63, 3.8) is 0 Å². The lowest BCUT2D eigenvalue weighted by Crippen LogP contribution is -2.50. The summed E-state index contributed by atoms with van der Waals surface area (Å²) >= 11 is 0. The van der Waals surface area contributed by atoms with Crippen LogP contribution in [0.15, 0.2) is 12.3 Å². The SMILES string of the molecule is Cc1cc(NC2(C(=O)O)CCOCC2)ncc1[N+](=O)[O-]. The minimum absolute atomic E-state index is 0.0908. The molecule has 0 unspecified atom stereocenters. The van der Waals surface area contributed by atoms with Crippen LogP contribution in [-0.4, -0.2) is 39.7 Å². The van der Waals surface area contributed by atoms with Gasteiger partial charge < -0.3 is 15.2 Å². The molecule has 0 atom stereocenters. The van der Waals surface area contributed by atoms with Gasteiger partial charge in [-0.1, -0.05) is 0 Å². The maximum Gasteiger partial charge on any atom is 0.329 e. The van der Waals surface area contributed by atoms with E-state index in [-0.39, 0.29) is 5.69 Å². The van der Waals surface area contributed by atoms with Crippen LogP contribution in [0.1, 0.15) is 18.4 Å². The first kappa shape index (κ1) is 14.2. The van der Waals surface area contributed by atoms with Crippen molar-refractivity contribution in [1.29, 1.82) is 0 Å². The number of nitrogens with zero attached hydrogens (tertiary/aromatic N) is 2. The van der Waals surface area contributed by atoms with E-state index in [4.69, 9.17) is 4.74 Å². The van der Waals surface area contributed by atoms with Crippen molar-refractivity contribution >= 4 is 17.5 Å². The zero-order valence-corrected chi connectivity index (χ0v) is 11.0. The molecule has 0 saturated carbocycles. The van der Waals surface area contributed by atoms with Gasteiger partial charge in [-0.05, 0) is 13.0 Å². The molecule has 1 aromatic rings. The van der Waals surface area contributed by atoms with Crippen molar-refractivity contribution in [1.82, 2.24) is 4.98 Å². The quantitative estimate of drug-likeness (QED) is 0.632. The number of anilines is 1. The van der Waals surface area contributed by atoms with Gasteiger partial charge in [0, 0.05) is 31.6 Å². The molecule has 2 N–H and O–H groups in total. The van der Waals surface area contributed by atoms with Crippen LogP contribution in [0.3, 0.4) is 0 Å². The van der Waals surface area contributed by atoms with E-state index in [1.807, 2.05) is 0 Å². The van der Waals surface area contributed by atoms with Gasteiger partial charge in [0.15, 0.2) is 0 Å². The number of carboxylic acid groups (broad SMARTS) is 1. The number of hydrogen-bond donors (Lipinski definition) is 2. The summed E-state index contributed by atoms with van der Waals surface area (Å²) in [7, 11) is 0. The summed E-state index contributed by atoms with van der Waals surface area (Å²) < 4.78 is 5.17. The summed E-state index contributed by atoms with van der Waals surface area (Å²) in [6.07, 6.45) is 1.77.